The van der Waals surface area contributed by atoms with E-state index in [0.29, 0.717) is 6.54 Å². The molecule has 0 aromatic heterocycles. The van der Waals surface area contributed by atoms with Gasteiger partial charge in [-0.25, -0.2) is 0 Å². The summed E-state index contributed by atoms with van der Waals surface area (Å²) < 4.78 is 35.2. The molecule has 0 amide bonds. The minimum absolute atomic E-state index is 0.0342. The van der Waals surface area contributed by atoms with Crippen LogP contribution in [-0.4, -0.2) is 23.7 Å². The fourth-order valence-electron chi connectivity index (χ4n) is 0.422. The highest BCUT2D eigenvalue weighted by atomic mass is 127. The zero-order chi connectivity index (χ0) is 8.04. The van der Waals surface area contributed by atoms with E-state index in [1.165, 1.54) is 0 Å². The lowest BCUT2D eigenvalue weighted by atomic mass is 10.4. The van der Waals surface area contributed by atoms with Crippen molar-refractivity contribution in [1.82, 2.24) is 5.32 Å². The molecule has 0 bridgehead atoms. The number of hydrogen-bond acceptors (Lipinski definition) is 1. The van der Waals surface area contributed by atoms with Gasteiger partial charge in [0.25, 0.3) is 0 Å². The lowest BCUT2D eigenvalue weighted by Crippen LogP contribution is -2.23. The molecule has 0 aliphatic carbocycles. The molecular weight excluding hydrogens is 258 g/mol. The second-order valence-electron chi connectivity index (χ2n) is 1.80. The first kappa shape index (κ1) is 10.5. The minimum atomic E-state index is -4.02. The van der Waals surface area contributed by atoms with Crippen molar-refractivity contribution in [3.05, 3.63) is 0 Å². The van der Waals surface area contributed by atoms with Crippen molar-refractivity contribution in [3.63, 3.8) is 0 Å². The molecule has 5 heteroatoms. The standard InChI is InChI=1S/C5H9F3IN/c6-5(7,8)1-3-10-4-2-9/h10H,1-4H2. The van der Waals surface area contributed by atoms with Crippen molar-refractivity contribution in [2.75, 3.05) is 17.5 Å². The predicted octanol–water partition coefficient (Wildman–Crippen LogP) is 1.96. The summed E-state index contributed by atoms with van der Waals surface area (Å²) >= 11 is 2.10. The predicted molar refractivity (Wildman–Crippen MR) is 42.4 cm³/mol. The third-order valence-electron chi connectivity index (χ3n) is 0.857. The summed E-state index contributed by atoms with van der Waals surface area (Å²) in [4.78, 5) is 0. The van der Waals surface area contributed by atoms with E-state index in [-0.39, 0.29) is 6.54 Å². The molecule has 0 spiro atoms. The average molecular weight is 267 g/mol. The van der Waals surface area contributed by atoms with Crippen LogP contribution in [0.25, 0.3) is 0 Å². The zero-order valence-electron chi connectivity index (χ0n) is 5.34. The van der Waals surface area contributed by atoms with Crippen molar-refractivity contribution in [3.8, 4) is 0 Å². The Kier molecular flexibility index (Phi) is 5.42. The molecular formula is C5H9F3IN. The van der Waals surface area contributed by atoms with Gasteiger partial charge in [-0.2, -0.15) is 13.2 Å². The van der Waals surface area contributed by atoms with Crippen LogP contribution in [-0.2, 0) is 0 Å². The number of rotatable bonds is 4. The summed E-state index contributed by atoms with van der Waals surface area (Å²) in [5.41, 5.74) is 0. The van der Waals surface area contributed by atoms with E-state index in [1.54, 1.807) is 0 Å². The zero-order valence-corrected chi connectivity index (χ0v) is 7.50. The lowest BCUT2D eigenvalue weighted by Gasteiger charge is -2.05. The highest BCUT2D eigenvalue weighted by Gasteiger charge is 2.25. The molecule has 0 aromatic carbocycles. The van der Waals surface area contributed by atoms with E-state index >= 15 is 0 Å². The molecule has 0 unspecified atom stereocenters. The van der Waals surface area contributed by atoms with E-state index in [2.05, 4.69) is 27.9 Å². The highest BCUT2D eigenvalue weighted by molar-refractivity contribution is 14.1. The molecule has 62 valence electrons. The third-order valence-corrected chi connectivity index (χ3v) is 1.40. The van der Waals surface area contributed by atoms with Crippen LogP contribution in [0.2, 0.25) is 0 Å². The highest BCUT2D eigenvalue weighted by Crippen LogP contribution is 2.17. The molecule has 1 nitrogen and oxygen atoms in total. The lowest BCUT2D eigenvalue weighted by molar-refractivity contribution is -0.133. The van der Waals surface area contributed by atoms with Crippen molar-refractivity contribution in [1.29, 1.82) is 0 Å². The molecule has 10 heavy (non-hydrogen) atoms. The first-order valence-electron chi connectivity index (χ1n) is 2.89. The van der Waals surface area contributed by atoms with Gasteiger partial charge in [-0.1, -0.05) is 22.6 Å². The van der Waals surface area contributed by atoms with Gasteiger partial charge >= 0.3 is 6.18 Å². The molecule has 0 heterocycles. The van der Waals surface area contributed by atoms with Gasteiger partial charge in [-0.15, -0.1) is 0 Å². The normalized spacial score (nSPS) is 12.0. The minimum Gasteiger partial charge on any atom is -0.316 e. The molecule has 0 radical (unpaired) electrons. The summed E-state index contributed by atoms with van der Waals surface area (Å²) in [5.74, 6) is 0. The Morgan fingerprint density at radius 3 is 2.20 bits per heavy atom. The van der Waals surface area contributed by atoms with Crippen LogP contribution in [0.15, 0.2) is 0 Å². The van der Waals surface area contributed by atoms with Gasteiger partial charge in [0.05, 0.1) is 6.42 Å². The number of nitrogens with one attached hydrogen (secondary N) is 1. The summed E-state index contributed by atoms with van der Waals surface area (Å²) in [6.45, 7) is 0.684. The second-order valence-corrected chi connectivity index (χ2v) is 2.88. The van der Waals surface area contributed by atoms with Crippen LogP contribution in [0.5, 0.6) is 0 Å². The fraction of sp³-hybridized carbons (Fsp3) is 1.00. The summed E-state index contributed by atoms with van der Waals surface area (Å²) in [7, 11) is 0. The van der Waals surface area contributed by atoms with Crippen LogP contribution in [0, 0.1) is 0 Å². The smallest absolute Gasteiger partial charge is 0.316 e. The molecule has 0 saturated carbocycles. The Morgan fingerprint density at radius 2 is 1.80 bits per heavy atom. The Labute approximate surface area is 71.5 Å². The number of hydrogen-bond donors (Lipinski definition) is 1. The second kappa shape index (κ2) is 5.17. The summed E-state index contributed by atoms with van der Waals surface area (Å²) in [6, 6.07) is 0. The summed E-state index contributed by atoms with van der Waals surface area (Å²) in [6.07, 6.45) is -4.75. The number of alkyl halides is 4. The Hall–Kier alpha value is 0.480. The van der Waals surface area contributed by atoms with Crippen LogP contribution in [0.3, 0.4) is 0 Å². The van der Waals surface area contributed by atoms with Crippen LogP contribution in [0.4, 0.5) is 13.2 Å². The van der Waals surface area contributed by atoms with Gasteiger partial charge < -0.3 is 5.32 Å². The van der Waals surface area contributed by atoms with E-state index in [9.17, 15) is 13.2 Å². The van der Waals surface area contributed by atoms with Gasteiger partial charge in [0.15, 0.2) is 0 Å². The maximum atomic E-state index is 11.4. The SMILES string of the molecule is FC(F)(F)CCNCCI. The molecule has 0 aromatic rings. The van der Waals surface area contributed by atoms with E-state index in [4.69, 9.17) is 0 Å². The quantitative estimate of drug-likeness (QED) is 0.466. The van der Waals surface area contributed by atoms with E-state index < -0.39 is 12.6 Å². The van der Waals surface area contributed by atoms with Gasteiger partial charge in [0.2, 0.25) is 0 Å². The average Bonchev–Trinajstić information content (AvgIpc) is 1.78. The first-order chi connectivity index (χ1) is 4.56. The van der Waals surface area contributed by atoms with Crippen molar-refractivity contribution >= 4 is 22.6 Å². The maximum absolute atomic E-state index is 11.4. The van der Waals surface area contributed by atoms with Crippen molar-refractivity contribution < 1.29 is 13.2 Å². The molecule has 0 saturated heterocycles. The largest absolute Gasteiger partial charge is 0.390 e. The first-order valence-corrected chi connectivity index (χ1v) is 4.42. The van der Waals surface area contributed by atoms with E-state index in [0.717, 1.165) is 4.43 Å². The molecule has 0 aliphatic heterocycles. The van der Waals surface area contributed by atoms with Gasteiger partial charge in [-0.3, -0.25) is 0 Å². The van der Waals surface area contributed by atoms with Crippen molar-refractivity contribution in [2.45, 2.75) is 12.6 Å². The van der Waals surface area contributed by atoms with Gasteiger partial charge in [-0.05, 0) is 0 Å². The van der Waals surface area contributed by atoms with E-state index in [1.807, 2.05) is 0 Å². The Balaban J connectivity index is 3.04. The maximum Gasteiger partial charge on any atom is 0.390 e. The van der Waals surface area contributed by atoms with Crippen LogP contribution >= 0.6 is 22.6 Å². The third kappa shape index (κ3) is 8.48. The molecule has 0 rings (SSSR count). The van der Waals surface area contributed by atoms with Crippen LogP contribution < -0.4 is 5.32 Å². The fourth-order valence-corrected chi connectivity index (χ4v) is 0.803. The van der Waals surface area contributed by atoms with Gasteiger partial charge in [0.1, 0.15) is 0 Å². The molecule has 0 aliphatic rings. The Bertz CT molecular complexity index is 83.5. The molecule has 0 fully saturated rings. The molecule has 1 N–H and O–H groups in total. The topological polar surface area (TPSA) is 12.0 Å². The molecule has 0 atom stereocenters. The Morgan fingerprint density at radius 1 is 1.20 bits per heavy atom. The van der Waals surface area contributed by atoms with Gasteiger partial charge in [0, 0.05) is 17.5 Å². The monoisotopic (exact) mass is 267 g/mol. The summed E-state index contributed by atoms with van der Waals surface area (Å²) in [5, 5.41) is 2.66. The van der Waals surface area contributed by atoms with Crippen LogP contribution in [0.1, 0.15) is 6.42 Å². The number of halogens is 4. The van der Waals surface area contributed by atoms with Crippen molar-refractivity contribution in [2.24, 2.45) is 0 Å².